The Morgan fingerprint density at radius 1 is 0.914 bits per heavy atom. The van der Waals surface area contributed by atoms with Crippen molar-refractivity contribution in [3.63, 3.8) is 0 Å². The van der Waals surface area contributed by atoms with Gasteiger partial charge in [0, 0.05) is 18.7 Å². The molecule has 4 aromatic rings. The molecule has 178 valence electrons. The number of hydrogen-bond donors (Lipinski definition) is 0. The van der Waals surface area contributed by atoms with Gasteiger partial charge in [-0.25, -0.2) is 4.68 Å². The third-order valence-corrected chi connectivity index (χ3v) is 7.40. The Kier molecular flexibility index (Phi) is 6.74. The Hall–Kier alpha value is -3.37. The van der Waals surface area contributed by atoms with E-state index in [4.69, 9.17) is 16.7 Å². The van der Waals surface area contributed by atoms with Gasteiger partial charge in [-0.05, 0) is 80.0 Å². The summed E-state index contributed by atoms with van der Waals surface area (Å²) in [7, 11) is 0. The zero-order chi connectivity index (χ0) is 24.4. The SMILES string of the molecule is Cc1ccc(-c2cc(C(=O)N3CCC(Cc4ccccc4)CC3)n(-c3ccccc3Cl)n2)cc1C. The Balaban J connectivity index is 1.42. The van der Waals surface area contributed by atoms with Crippen LogP contribution in [0.25, 0.3) is 16.9 Å². The predicted octanol–water partition coefficient (Wildman–Crippen LogP) is 6.90. The van der Waals surface area contributed by atoms with Crippen LogP contribution in [-0.2, 0) is 6.42 Å². The van der Waals surface area contributed by atoms with Crippen LogP contribution in [0.3, 0.4) is 0 Å². The molecule has 0 saturated carbocycles. The number of carbonyl (C=O) groups excluding carboxylic acids is 1. The van der Waals surface area contributed by atoms with Crippen LogP contribution < -0.4 is 0 Å². The van der Waals surface area contributed by atoms with E-state index in [2.05, 4.69) is 62.4 Å². The summed E-state index contributed by atoms with van der Waals surface area (Å²) in [5.74, 6) is 0.603. The van der Waals surface area contributed by atoms with Gasteiger partial charge in [0.2, 0.25) is 0 Å². The molecule has 35 heavy (non-hydrogen) atoms. The van der Waals surface area contributed by atoms with Crippen molar-refractivity contribution >= 4 is 17.5 Å². The number of hydrogen-bond acceptors (Lipinski definition) is 2. The summed E-state index contributed by atoms with van der Waals surface area (Å²) in [6.07, 6.45) is 3.08. The molecule has 1 aliphatic rings. The van der Waals surface area contributed by atoms with Crippen LogP contribution >= 0.6 is 11.6 Å². The summed E-state index contributed by atoms with van der Waals surface area (Å²) >= 11 is 6.53. The zero-order valence-corrected chi connectivity index (χ0v) is 21.0. The van der Waals surface area contributed by atoms with E-state index in [1.807, 2.05) is 35.2 Å². The first-order chi connectivity index (χ1) is 17.0. The van der Waals surface area contributed by atoms with E-state index in [1.54, 1.807) is 4.68 Å². The van der Waals surface area contributed by atoms with Crippen LogP contribution in [0.2, 0.25) is 5.02 Å². The van der Waals surface area contributed by atoms with Crippen LogP contribution in [0.1, 0.15) is 40.0 Å². The van der Waals surface area contributed by atoms with Crippen molar-refractivity contribution in [3.8, 4) is 16.9 Å². The Morgan fingerprint density at radius 3 is 2.34 bits per heavy atom. The number of amides is 1. The monoisotopic (exact) mass is 483 g/mol. The molecule has 0 bridgehead atoms. The molecule has 1 aromatic heterocycles. The summed E-state index contributed by atoms with van der Waals surface area (Å²) in [4.78, 5) is 15.7. The van der Waals surface area contributed by atoms with Gasteiger partial charge in [0.15, 0.2) is 0 Å². The van der Waals surface area contributed by atoms with Crippen molar-refractivity contribution in [2.24, 2.45) is 5.92 Å². The number of piperidine rings is 1. The van der Waals surface area contributed by atoms with Gasteiger partial charge in [-0.1, -0.05) is 66.2 Å². The quantitative estimate of drug-likeness (QED) is 0.309. The maximum atomic E-state index is 13.8. The number of likely N-dealkylation sites (tertiary alicyclic amines) is 1. The highest BCUT2D eigenvalue weighted by Gasteiger charge is 2.27. The van der Waals surface area contributed by atoms with E-state index < -0.39 is 0 Å². The first-order valence-corrected chi connectivity index (χ1v) is 12.6. The molecule has 0 aliphatic carbocycles. The molecule has 1 aliphatic heterocycles. The number of benzene rings is 3. The molecule has 4 nitrogen and oxygen atoms in total. The van der Waals surface area contributed by atoms with Crippen molar-refractivity contribution in [2.75, 3.05) is 13.1 Å². The second kappa shape index (κ2) is 10.1. The van der Waals surface area contributed by atoms with Crippen LogP contribution in [0, 0.1) is 19.8 Å². The van der Waals surface area contributed by atoms with Gasteiger partial charge in [0.1, 0.15) is 5.69 Å². The summed E-state index contributed by atoms with van der Waals surface area (Å²) in [5, 5.41) is 5.42. The fraction of sp³-hybridized carbons (Fsp3) is 0.267. The average Bonchev–Trinajstić information content (AvgIpc) is 3.32. The summed E-state index contributed by atoms with van der Waals surface area (Å²) in [6.45, 7) is 5.69. The van der Waals surface area contributed by atoms with Crippen molar-refractivity contribution in [2.45, 2.75) is 33.1 Å². The molecule has 0 spiro atoms. The predicted molar refractivity (Wildman–Crippen MR) is 142 cm³/mol. The second-order valence-corrected chi connectivity index (χ2v) is 9.91. The minimum Gasteiger partial charge on any atom is -0.337 e. The van der Waals surface area contributed by atoms with Gasteiger partial charge < -0.3 is 4.90 Å². The lowest BCUT2D eigenvalue weighted by Crippen LogP contribution is -2.39. The standard InChI is InChI=1S/C30H30ClN3O/c1-21-12-13-25(18-22(21)2)27-20-29(34(32-27)28-11-7-6-10-26(28)31)30(35)33-16-14-24(15-17-33)19-23-8-4-3-5-9-23/h3-13,18,20,24H,14-17,19H2,1-2H3. The normalized spacial score (nSPS) is 14.3. The molecule has 1 fully saturated rings. The van der Waals surface area contributed by atoms with Crippen molar-refractivity contribution in [1.29, 1.82) is 0 Å². The molecule has 3 aromatic carbocycles. The maximum Gasteiger partial charge on any atom is 0.272 e. The fourth-order valence-corrected chi connectivity index (χ4v) is 5.05. The number of rotatable bonds is 5. The number of carbonyl (C=O) groups is 1. The summed E-state index contributed by atoms with van der Waals surface area (Å²) < 4.78 is 1.71. The molecule has 1 amide bonds. The Morgan fingerprint density at radius 2 is 1.63 bits per heavy atom. The van der Waals surface area contributed by atoms with E-state index in [0.29, 0.717) is 22.3 Å². The molecule has 0 unspecified atom stereocenters. The highest BCUT2D eigenvalue weighted by Crippen LogP contribution is 2.29. The van der Waals surface area contributed by atoms with Gasteiger partial charge in [-0.2, -0.15) is 5.10 Å². The average molecular weight is 484 g/mol. The summed E-state index contributed by atoms with van der Waals surface area (Å²) in [5.41, 5.74) is 6.83. The molecular weight excluding hydrogens is 454 g/mol. The first kappa shape index (κ1) is 23.4. The highest BCUT2D eigenvalue weighted by atomic mass is 35.5. The molecule has 0 N–H and O–H groups in total. The third-order valence-electron chi connectivity index (χ3n) is 7.08. The number of nitrogens with zero attached hydrogens (tertiary/aromatic N) is 3. The number of aromatic nitrogens is 2. The molecular formula is C30H30ClN3O. The first-order valence-electron chi connectivity index (χ1n) is 12.3. The molecule has 0 atom stereocenters. The molecule has 0 radical (unpaired) electrons. The second-order valence-electron chi connectivity index (χ2n) is 9.50. The highest BCUT2D eigenvalue weighted by molar-refractivity contribution is 6.32. The maximum absolute atomic E-state index is 13.8. The molecule has 5 rings (SSSR count). The van der Waals surface area contributed by atoms with Crippen molar-refractivity contribution < 1.29 is 4.79 Å². The van der Waals surface area contributed by atoms with E-state index >= 15 is 0 Å². The van der Waals surface area contributed by atoms with Gasteiger partial charge >= 0.3 is 0 Å². The molecule has 1 saturated heterocycles. The number of para-hydroxylation sites is 1. The zero-order valence-electron chi connectivity index (χ0n) is 20.2. The van der Waals surface area contributed by atoms with E-state index in [9.17, 15) is 4.79 Å². The Bertz CT molecular complexity index is 1340. The third kappa shape index (κ3) is 5.03. The van der Waals surface area contributed by atoms with Crippen LogP contribution in [0.5, 0.6) is 0 Å². The lowest BCUT2D eigenvalue weighted by atomic mass is 9.90. The van der Waals surface area contributed by atoms with E-state index in [-0.39, 0.29) is 5.91 Å². The van der Waals surface area contributed by atoms with Gasteiger partial charge in [0.05, 0.1) is 16.4 Å². The fourth-order valence-electron chi connectivity index (χ4n) is 4.83. The van der Waals surface area contributed by atoms with Crippen molar-refractivity contribution in [1.82, 2.24) is 14.7 Å². The van der Waals surface area contributed by atoms with Crippen LogP contribution in [-0.4, -0.2) is 33.7 Å². The Labute approximate surface area is 212 Å². The van der Waals surface area contributed by atoms with Gasteiger partial charge in [-0.3, -0.25) is 4.79 Å². The topological polar surface area (TPSA) is 38.1 Å². The lowest BCUT2D eigenvalue weighted by Gasteiger charge is -2.32. The van der Waals surface area contributed by atoms with E-state index in [0.717, 1.165) is 43.6 Å². The number of halogens is 1. The minimum atomic E-state index is 0.00524. The lowest BCUT2D eigenvalue weighted by molar-refractivity contribution is 0.0681. The van der Waals surface area contributed by atoms with Crippen LogP contribution in [0.4, 0.5) is 0 Å². The molecule has 5 heteroatoms. The van der Waals surface area contributed by atoms with Gasteiger partial charge in [0.25, 0.3) is 5.91 Å². The van der Waals surface area contributed by atoms with Gasteiger partial charge in [-0.15, -0.1) is 0 Å². The minimum absolute atomic E-state index is 0.00524. The smallest absolute Gasteiger partial charge is 0.272 e. The van der Waals surface area contributed by atoms with Crippen LogP contribution in [0.15, 0.2) is 78.9 Å². The largest absolute Gasteiger partial charge is 0.337 e. The van der Waals surface area contributed by atoms with Crippen molar-refractivity contribution in [3.05, 3.63) is 106 Å². The number of aryl methyl sites for hydroxylation is 2. The van der Waals surface area contributed by atoms with E-state index in [1.165, 1.54) is 16.7 Å². The molecule has 2 heterocycles. The summed E-state index contributed by atoms with van der Waals surface area (Å²) in [6, 6.07) is 26.3.